The smallest absolute Gasteiger partial charge is 0.162 e. The summed E-state index contributed by atoms with van der Waals surface area (Å²) in [6.45, 7) is 6.52. The third kappa shape index (κ3) is 4.69. The maximum absolute atomic E-state index is 12.3. The molecule has 0 radical (unpaired) electrons. The molecule has 0 unspecified atom stereocenters. The number of unbranched alkanes of at least 4 members (excludes halogenated alkanes) is 1. The normalized spacial score (nSPS) is 10.9. The second kappa shape index (κ2) is 9.36. The first-order valence-electron chi connectivity index (χ1n) is 10.2. The molecule has 0 heterocycles. The second-order valence-electron chi connectivity index (χ2n) is 7.49. The molecule has 3 aromatic rings. The van der Waals surface area contributed by atoms with E-state index >= 15 is 0 Å². The Labute approximate surface area is 168 Å². The molecule has 0 bridgehead atoms. The van der Waals surface area contributed by atoms with Gasteiger partial charge in [-0.05, 0) is 66.4 Å². The molecule has 3 rings (SSSR count). The van der Waals surface area contributed by atoms with Crippen molar-refractivity contribution in [1.82, 2.24) is 0 Å². The minimum atomic E-state index is 0.223. The highest BCUT2D eigenvalue weighted by molar-refractivity contribution is 5.96. The number of Topliss-reactive ketones (excluding diaryl/α,β-unsaturated/α-hetero) is 1. The van der Waals surface area contributed by atoms with Gasteiger partial charge in [0.1, 0.15) is 0 Å². The Morgan fingerprint density at radius 3 is 1.86 bits per heavy atom. The number of carbonyl (C=O) groups is 1. The minimum Gasteiger partial charge on any atom is -0.311 e. The molecule has 0 aliphatic heterocycles. The molecule has 3 aromatic carbocycles. The first-order chi connectivity index (χ1) is 13.6. The van der Waals surface area contributed by atoms with Crippen LogP contribution in [0.15, 0.2) is 78.9 Å². The summed E-state index contributed by atoms with van der Waals surface area (Å²) >= 11 is 0. The van der Waals surface area contributed by atoms with Crippen LogP contribution >= 0.6 is 0 Å². The topological polar surface area (TPSA) is 20.3 Å². The first kappa shape index (κ1) is 19.9. The number of carbonyl (C=O) groups excluding carboxylic acids is 1. The van der Waals surface area contributed by atoms with Crippen LogP contribution in [0, 0.1) is 0 Å². The number of nitrogens with zero attached hydrogens (tertiary/aromatic N) is 1. The van der Waals surface area contributed by atoms with Gasteiger partial charge in [-0.3, -0.25) is 4.79 Å². The van der Waals surface area contributed by atoms with Crippen LogP contribution in [-0.2, 0) is 0 Å². The fourth-order valence-electron chi connectivity index (χ4n) is 3.31. The lowest BCUT2D eigenvalue weighted by atomic mass is 10.0. The van der Waals surface area contributed by atoms with Gasteiger partial charge >= 0.3 is 0 Å². The van der Waals surface area contributed by atoms with Crippen molar-refractivity contribution in [2.45, 2.75) is 46.0 Å². The van der Waals surface area contributed by atoms with Crippen LogP contribution in [0.1, 0.15) is 61.9 Å². The van der Waals surface area contributed by atoms with E-state index in [-0.39, 0.29) is 5.78 Å². The van der Waals surface area contributed by atoms with E-state index in [4.69, 9.17) is 0 Å². The van der Waals surface area contributed by atoms with Crippen LogP contribution in [0.5, 0.6) is 0 Å². The van der Waals surface area contributed by atoms with Crippen LogP contribution in [-0.4, -0.2) is 5.78 Å². The van der Waals surface area contributed by atoms with Crippen molar-refractivity contribution in [3.63, 3.8) is 0 Å². The van der Waals surface area contributed by atoms with Gasteiger partial charge in [-0.2, -0.15) is 0 Å². The van der Waals surface area contributed by atoms with Gasteiger partial charge in [0.25, 0.3) is 0 Å². The number of benzene rings is 3. The van der Waals surface area contributed by atoms with Crippen LogP contribution in [0.4, 0.5) is 17.1 Å². The van der Waals surface area contributed by atoms with Crippen LogP contribution in [0.25, 0.3) is 0 Å². The maximum Gasteiger partial charge on any atom is 0.162 e. The summed E-state index contributed by atoms with van der Waals surface area (Å²) in [5.41, 5.74) is 5.38. The van der Waals surface area contributed by atoms with Crippen molar-refractivity contribution in [3.8, 4) is 0 Å². The zero-order valence-electron chi connectivity index (χ0n) is 17.1. The molecule has 28 heavy (non-hydrogen) atoms. The SMILES string of the molecule is CCCCC(=O)c1ccc(N(c2ccccc2)c2ccc(C(C)C)cc2)cc1. The van der Waals surface area contributed by atoms with E-state index in [1.807, 2.05) is 42.5 Å². The molecular weight excluding hydrogens is 342 g/mol. The lowest BCUT2D eigenvalue weighted by molar-refractivity contribution is 0.0980. The Bertz CT molecular complexity index is 880. The van der Waals surface area contributed by atoms with Crippen LogP contribution < -0.4 is 4.90 Å². The third-order valence-corrected chi connectivity index (χ3v) is 5.04. The first-order valence-corrected chi connectivity index (χ1v) is 10.2. The number of hydrogen-bond donors (Lipinski definition) is 0. The molecule has 0 aromatic heterocycles. The Hall–Kier alpha value is -2.87. The predicted molar refractivity (Wildman–Crippen MR) is 119 cm³/mol. The molecule has 0 saturated carbocycles. The Balaban J connectivity index is 1.95. The van der Waals surface area contributed by atoms with Crippen molar-refractivity contribution in [2.75, 3.05) is 4.90 Å². The molecule has 0 atom stereocenters. The summed E-state index contributed by atoms with van der Waals surface area (Å²) in [7, 11) is 0. The third-order valence-electron chi connectivity index (χ3n) is 5.04. The fourth-order valence-corrected chi connectivity index (χ4v) is 3.31. The summed E-state index contributed by atoms with van der Waals surface area (Å²) in [5, 5.41) is 0. The minimum absolute atomic E-state index is 0.223. The molecule has 0 amide bonds. The molecule has 0 aliphatic carbocycles. The average Bonchev–Trinajstić information content (AvgIpc) is 2.74. The predicted octanol–water partition coefficient (Wildman–Crippen LogP) is 7.65. The van der Waals surface area contributed by atoms with Gasteiger partial charge < -0.3 is 4.90 Å². The summed E-state index contributed by atoms with van der Waals surface area (Å²) in [5.74, 6) is 0.730. The van der Waals surface area contributed by atoms with E-state index in [0.717, 1.165) is 35.5 Å². The summed E-state index contributed by atoms with van der Waals surface area (Å²) < 4.78 is 0. The Morgan fingerprint density at radius 2 is 1.32 bits per heavy atom. The number of ketones is 1. The standard InChI is InChI=1S/C26H29NO/c1-4-5-11-26(28)22-14-18-25(19-15-22)27(23-9-7-6-8-10-23)24-16-12-21(13-17-24)20(2)3/h6-10,12-20H,4-5,11H2,1-3H3. The van der Waals surface area contributed by atoms with Gasteiger partial charge in [-0.1, -0.05) is 57.5 Å². The second-order valence-corrected chi connectivity index (χ2v) is 7.49. The van der Waals surface area contributed by atoms with E-state index in [1.165, 1.54) is 5.56 Å². The van der Waals surface area contributed by atoms with E-state index in [1.54, 1.807) is 0 Å². The van der Waals surface area contributed by atoms with Crippen molar-refractivity contribution in [1.29, 1.82) is 0 Å². The molecule has 0 saturated heterocycles. The highest BCUT2D eigenvalue weighted by Gasteiger charge is 2.13. The van der Waals surface area contributed by atoms with E-state index < -0.39 is 0 Å². The Morgan fingerprint density at radius 1 is 0.786 bits per heavy atom. The largest absolute Gasteiger partial charge is 0.311 e. The van der Waals surface area contributed by atoms with Gasteiger partial charge in [0.05, 0.1) is 0 Å². The molecule has 0 spiro atoms. The molecule has 0 aliphatic rings. The maximum atomic E-state index is 12.3. The molecule has 0 N–H and O–H groups in total. The number of anilines is 3. The highest BCUT2D eigenvalue weighted by atomic mass is 16.1. The molecule has 2 nitrogen and oxygen atoms in total. The molecule has 144 valence electrons. The van der Waals surface area contributed by atoms with Crippen LogP contribution in [0.3, 0.4) is 0 Å². The molecular formula is C26H29NO. The monoisotopic (exact) mass is 371 g/mol. The fraction of sp³-hybridized carbons (Fsp3) is 0.269. The van der Waals surface area contributed by atoms with Gasteiger partial charge in [-0.15, -0.1) is 0 Å². The van der Waals surface area contributed by atoms with Crippen LogP contribution in [0.2, 0.25) is 0 Å². The highest BCUT2D eigenvalue weighted by Crippen LogP contribution is 2.35. The van der Waals surface area contributed by atoms with Crippen molar-refractivity contribution in [2.24, 2.45) is 0 Å². The van der Waals surface area contributed by atoms with Gasteiger partial charge in [0, 0.05) is 29.0 Å². The van der Waals surface area contributed by atoms with Gasteiger partial charge in [-0.25, -0.2) is 0 Å². The van der Waals surface area contributed by atoms with E-state index in [0.29, 0.717) is 12.3 Å². The van der Waals surface area contributed by atoms with E-state index in [9.17, 15) is 4.79 Å². The zero-order valence-corrected chi connectivity index (χ0v) is 17.1. The quantitative estimate of drug-likeness (QED) is 0.379. The van der Waals surface area contributed by atoms with Crippen molar-refractivity contribution >= 4 is 22.8 Å². The van der Waals surface area contributed by atoms with Gasteiger partial charge in [0.15, 0.2) is 5.78 Å². The number of hydrogen-bond acceptors (Lipinski definition) is 2. The Kier molecular flexibility index (Phi) is 6.65. The lowest BCUT2D eigenvalue weighted by Gasteiger charge is -2.26. The lowest BCUT2D eigenvalue weighted by Crippen LogP contribution is -2.10. The average molecular weight is 372 g/mol. The zero-order chi connectivity index (χ0) is 19.9. The number of rotatable bonds is 8. The van der Waals surface area contributed by atoms with Crippen molar-refractivity contribution in [3.05, 3.63) is 90.0 Å². The summed E-state index contributed by atoms with van der Waals surface area (Å²) in [4.78, 5) is 14.5. The van der Waals surface area contributed by atoms with E-state index in [2.05, 4.69) is 62.1 Å². The van der Waals surface area contributed by atoms with Crippen molar-refractivity contribution < 1.29 is 4.79 Å². The molecule has 2 heteroatoms. The molecule has 0 fully saturated rings. The number of para-hydroxylation sites is 1. The summed E-state index contributed by atoms with van der Waals surface area (Å²) in [6, 6.07) is 27.1. The van der Waals surface area contributed by atoms with Gasteiger partial charge in [0.2, 0.25) is 0 Å². The summed E-state index contributed by atoms with van der Waals surface area (Å²) in [6.07, 6.45) is 2.60.